The second-order valence-corrected chi connectivity index (χ2v) is 5.53. The summed E-state index contributed by atoms with van der Waals surface area (Å²) in [5, 5.41) is 27.2. The van der Waals surface area contributed by atoms with Gasteiger partial charge in [-0.2, -0.15) is 0 Å². The zero-order valence-electron chi connectivity index (χ0n) is 11.3. The first-order chi connectivity index (χ1) is 9.12. The molecule has 0 amide bonds. The zero-order chi connectivity index (χ0) is 15.5. The van der Waals surface area contributed by atoms with Crippen LogP contribution in [-0.4, -0.2) is 45.3 Å². The molecule has 0 aliphatic heterocycles. The minimum Gasteiger partial charge on any atom is -0.511 e. The second-order valence-electron chi connectivity index (χ2n) is 5.53. The van der Waals surface area contributed by atoms with Crippen LogP contribution >= 0.6 is 0 Å². The summed E-state index contributed by atoms with van der Waals surface area (Å²) in [7, 11) is 0. The van der Waals surface area contributed by atoms with Crippen LogP contribution in [-0.2, 0) is 14.4 Å². The highest BCUT2D eigenvalue weighted by molar-refractivity contribution is 6.14. The molecule has 0 aromatic heterocycles. The van der Waals surface area contributed by atoms with Gasteiger partial charge < -0.3 is 15.3 Å². The molecule has 0 bridgehead atoms. The SMILES string of the molecule is CC1(C)CC(=O)C(C=NC(CC(=O)O)C(=O)O)=C(O)C1. The molecule has 1 rings (SSSR count). The quantitative estimate of drug-likeness (QED) is 0.651. The highest BCUT2D eigenvalue weighted by atomic mass is 16.4. The molecule has 1 aliphatic carbocycles. The van der Waals surface area contributed by atoms with Crippen molar-refractivity contribution in [2.45, 2.75) is 39.2 Å². The number of carboxylic acid groups (broad SMARTS) is 2. The third kappa shape index (κ3) is 4.18. The topological polar surface area (TPSA) is 124 Å². The van der Waals surface area contributed by atoms with Crippen LogP contribution in [0.4, 0.5) is 0 Å². The van der Waals surface area contributed by atoms with Crippen LogP contribution in [0.25, 0.3) is 0 Å². The molecule has 3 N–H and O–H groups in total. The molecule has 0 radical (unpaired) electrons. The van der Waals surface area contributed by atoms with E-state index in [2.05, 4.69) is 4.99 Å². The Morgan fingerprint density at radius 1 is 1.35 bits per heavy atom. The van der Waals surface area contributed by atoms with E-state index in [-0.39, 0.29) is 35.4 Å². The molecule has 1 unspecified atom stereocenters. The first-order valence-electron chi connectivity index (χ1n) is 6.05. The summed E-state index contributed by atoms with van der Waals surface area (Å²) < 4.78 is 0. The van der Waals surface area contributed by atoms with Gasteiger partial charge in [-0.3, -0.25) is 14.6 Å². The van der Waals surface area contributed by atoms with Gasteiger partial charge in [-0.05, 0) is 5.41 Å². The van der Waals surface area contributed by atoms with Gasteiger partial charge in [0.2, 0.25) is 0 Å². The summed E-state index contributed by atoms with van der Waals surface area (Å²) in [5.41, 5.74) is -0.396. The number of nitrogens with zero attached hydrogens (tertiary/aromatic N) is 1. The van der Waals surface area contributed by atoms with Crippen molar-refractivity contribution in [1.29, 1.82) is 0 Å². The van der Waals surface area contributed by atoms with E-state index in [1.165, 1.54) is 0 Å². The third-order valence-electron chi connectivity index (χ3n) is 2.93. The molecule has 110 valence electrons. The van der Waals surface area contributed by atoms with Gasteiger partial charge in [0.1, 0.15) is 5.76 Å². The van der Waals surface area contributed by atoms with Gasteiger partial charge in [-0.1, -0.05) is 13.8 Å². The first-order valence-corrected chi connectivity index (χ1v) is 6.05. The van der Waals surface area contributed by atoms with E-state index in [4.69, 9.17) is 10.2 Å². The van der Waals surface area contributed by atoms with Crippen molar-refractivity contribution >= 4 is 23.9 Å². The van der Waals surface area contributed by atoms with Crippen molar-refractivity contribution in [2.24, 2.45) is 10.4 Å². The van der Waals surface area contributed by atoms with Crippen LogP contribution in [0, 0.1) is 5.41 Å². The molecular formula is C13H17NO6. The van der Waals surface area contributed by atoms with Gasteiger partial charge in [-0.15, -0.1) is 0 Å². The lowest BCUT2D eigenvalue weighted by Gasteiger charge is -2.28. The van der Waals surface area contributed by atoms with Crippen molar-refractivity contribution in [3.05, 3.63) is 11.3 Å². The Morgan fingerprint density at radius 2 is 1.95 bits per heavy atom. The molecule has 7 nitrogen and oxygen atoms in total. The van der Waals surface area contributed by atoms with Gasteiger partial charge in [0, 0.05) is 19.1 Å². The highest BCUT2D eigenvalue weighted by Crippen LogP contribution is 2.35. The monoisotopic (exact) mass is 283 g/mol. The Balaban J connectivity index is 2.95. The predicted molar refractivity (Wildman–Crippen MR) is 69.8 cm³/mol. The lowest BCUT2D eigenvalue weighted by Crippen LogP contribution is -2.27. The standard InChI is InChI=1S/C13H17NO6/c1-13(2)4-9(15)7(10(16)5-13)6-14-8(12(19)20)3-11(17)18/h6,8,15H,3-5H2,1-2H3,(H,17,18)(H,19,20). The maximum absolute atomic E-state index is 11.9. The van der Waals surface area contributed by atoms with Crippen LogP contribution in [0.5, 0.6) is 0 Å². The fourth-order valence-corrected chi connectivity index (χ4v) is 1.98. The number of aliphatic carboxylic acids is 2. The van der Waals surface area contributed by atoms with E-state index in [0.29, 0.717) is 0 Å². The summed E-state index contributed by atoms with van der Waals surface area (Å²) >= 11 is 0. The average molecular weight is 283 g/mol. The predicted octanol–water partition coefficient (Wildman–Crippen LogP) is 1.19. The molecule has 0 heterocycles. The summed E-state index contributed by atoms with van der Waals surface area (Å²) in [6.45, 7) is 3.67. The number of aliphatic imine (C=N–C) groups is 1. The van der Waals surface area contributed by atoms with E-state index in [1.54, 1.807) is 0 Å². The second kappa shape index (κ2) is 5.85. The lowest BCUT2D eigenvalue weighted by atomic mass is 9.77. The largest absolute Gasteiger partial charge is 0.511 e. The number of Topliss-reactive ketones (excluding diaryl/α,β-unsaturated/α-hetero) is 1. The Morgan fingerprint density at radius 3 is 2.40 bits per heavy atom. The van der Waals surface area contributed by atoms with Crippen molar-refractivity contribution in [3.63, 3.8) is 0 Å². The van der Waals surface area contributed by atoms with Gasteiger partial charge in [-0.25, -0.2) is 4.79 Å². The van der Waals surface area contributed by atoms with Crippen molar-refractivity contribution in [2.75, 3.05) is 0 Å². The van der Waals surface area contributed by atoms with E-state index in [0.717, 1.165) is 6.21 Å². The average Bonchev–Trinajstić information content (AvgIpc) is 2.23. The summed E-state index contributed by atoms with van der Waals surface area (Å²) in [6.07, 6.45) is 0.792. The van der Waals surface area contributed by atoms with E-state index < -0.39 is 24.4 Å². The number of ketones is 1. The number of carbonyl (C=O) groups excluding carboxylic acids is 1. The first kappa shape index (κ1) is 15.9. The minimum absolute atomic E-state index is 0.0408. The van der Waals surface area contributed by atoms with Gasteiger partial charge >= 0.3 is 11.9 Å². The van der Waals surface area contributed by atoms with E-state index in [9.17, 15) is 19.5 Å². The number of aliphatic hydroxyl groups is 1. The third-order valence-corrected chi connectivity index (χ3v) is 2.93. The lowest BCUT2D eigenvalue weighted by molar-refractivity contribution is -0.144. The van der Waals surface area contributed by atoms with E-state index >= 15 is 0 Å². The molecule has 1 atom stereocenters. The molecule has 0 aromatic carbocycles. The van der Waals surface area contributed by atoms with Crippen molar-refractivity contribution < 1.29 is 29.7 Å². The molecule has 0 spiro atoms. The zero-order valence-corrected chi connectivity index (χ0v) is 11.3. The fraction of sp³-hybridized carbons (Fsp3) is 0.538. The molecule has 0 fully saturated rings. The number of hydrogen-bond acceptors (Lipinski definition) is 5. The van der Waals surface area contributed by atoms with Crippen LogP contribution in [0.1, 0.15) is 33.1 Å². The van der Waals surface area contributed by atoms with Crippen LogP contribution in [0.15, 0.2) is 16.3 Å². The summed E-state index contributed by atoms with van der Waals surface area (Å²) in [6, 6.07) is -1.48. The van der Waals surface area contributed by atoms with Gasteiger partial charge in [0.25, 0.3) is 0 Å². The smallest absolute Gasteiger partial charge is 0.329 e. The maximum atomic E-state index is 11.9. The van der Waals surface area contributed by atoms with Crippen molar-refractivity contribution in [1.82, 2.24) is 0 Å². The van der Waals surface area contributed by atoms with Gasteiger partial charge in [0.15, 0.2) is 11.8 Å². The number of allylic oxidation sites excluding steroid dienone is 2. The summed E-state index contributed by atoms with van der Waals surface area (Å²) in [4.78, 5) is 36.8. The molecule has 7 heteroatoms. The number of carboxylic acids is 2. The Labute approximate surface area is 115 Å². The number of hydrogen-bond donors (Lipinski definition) is 3. The van der Waals surface area contributed by atoms with Crippen LogP contribution in [0.2, 0.25) is 0 Å². The summed E-state index contributed by atoms with van der Waals surface area (Å²) in [5.74, 6) is -3.17. The molecular weight excluding hydrogens is 266 g/mol. The maximum Gasteiger partial charge on any atom is 0.329 e. The highest BCUT2D eigenvalue weighted by Gasteiger charge is 2.32. The molecule has 1 aliphatic rings. The molecule has 0 saturated heterocycles. The molecule has 20 heavy (non-hydrogen) atoms. The fourth-order valence-electron chi connectivity index (χ4n) is 1.98. The Kier molecular flexibility index (Phi) is 4.65. The Bertz CT molecular complexity index is 503. The Hall–Kier alpha value is -2.18. The normalized spacial score (nSPS) is 20.2. The minimum atomic E-state index is -1.48. The molecule has 0 aromatic rings. The van der Waals surface area contributed by atoms with Crippen molar-refractivity contribution in [3.8, 4) is 0 Å². The number of carbonyl (C=O) groups is 3. The van der Waals surface area contributed by atoms with E-state index in [1.807, 2.05) is 13.8 Å². The number of aliphatic hydroxyl groups excluding tert-OH is 1. The van der Waals surface area contributed by atoms with Crippen LogP contribution in [0.3, 0.4) is 0 Å². The number of rotatable bonds is 5. The van der Waals surface area contributed by atoms with Gasteiger partial charge in [0.05, 0.1) is 12.0 Å². The van der Waals surface area contributed by atoms with Crippen LogP contribution < -0.4 is 0 Å². The molecule has 0 saturated carbocycles.